The van der Waals surface area contributed by atoms with Gasteiger partial charge in [0.1, 0.15) is 5.75 Å². The van der Waals surface area contributed by atoms with E-state index in [0.717, 1.165) is 11.3 Å². The third kappa shape index (κ3) is 4.10. The molecule has 0 saturated carbocycles. The van der Waals surface area contributed by atoms with Gasteiger partial charge in [0.05, 0.1) is 12.8 Å². The molecule has 0 fully saturated rings. The van der Waals surface area contributed by atoms with E-state index in [2.05, 4.69) is 10.6 Å². The molecule has 0 aliphatic rings. The molecule has 0 heterocycles. The molecule has 0 radical (unpaired) electrons. The highest BCUT2D eigenvalue weighted by molar-refractivity contribution is 6.05. The molecule has 0 bridgehead atoms. The van der Waals surface area contributed by atoms with Crippen molar-refractivity contribution in [1.82, 2.24) is 0 Å². The first kappa shape index (κ1) is 16.5. The van der Waals surface area contributed by atoms with E-state index in [1.165, 1.54) is 19.6 Å². The molecule has 0 aliphatic carbocycles. The van der Waals surface area contributed by atoms with Crippen molar-refractivity contribution >= 4 is 23.2 Å². The minimum Gasteiger partial charge on any atom is -0.495 e. The summed E-state index contributed by atoms with van der Waals surface area (Å²) in [4.78, 5) is 23.6. The molecule has 0 unspecified atom stereocenters. The second kappa shape index (κ2) is 6.96. The van der Waals surface area contributed by atoms with Gasteiger partial charge in [0.2, 0.25) is 5.91 Å². The van der Waals surface area contributed by atoms with Gasteiger partial charge in [0, 0.05) is 18.2 Å². The first-order valence-corrected chi connectivity index (χ1v) is 7.25. The number of nitrogens with one attached hydrogen (secondary N) is 2. The maximum absolute atomic E-state index is 12.4. The van der Waals surface area contributed by atoms with E-state index in [-0.39, 0.29) is 11.8 Å². The van der Waals surface area contributed by atoms with E-state index in [4.69, 9.17) is 4.74 Å². The normalized spacial score (nSPS) is 10.1. The number of anilines is 2. The molecule has 0 aliphatic heterocycles. The Morgan fingerprint density at radius 3 is 2.30 bits per heavy atom. The average Bonchev–Trinajstić information content (AvgIpc) is 2.50. The van der Waals surface area contributed by atoms with Crippen molar-refractivity contribution in [3.63, 3.8) is 0 Å². The summed E-state index contributed by atoms with van der Waals surface area (Å²) in [6, 6.07) is 10.6. The Labute approximate surface area is 135 Å². The molecule has 120 valence electrons. The lowest BCUT2D eigenvalue weighted by atomic mass is 10.1. The van der Waals surface area contributed by atoms with Gasteiger partial charge >= 0.3 is 0 Å². The van der Waals surface area contributed by atoms with Gasteiger partial charge in [0.15, 0.2) is 0 Å². The van der Waals surface area contributed by atoms with Crippen LogP contribution in [0.25, 0.3) is 0 Å². The number of ether oxygens (including phenoxy) is 1. The summed E-state index contributed by atoms with van der Waals surface area (Å²) >= 11 is 0. The highest BCUT2D eigenvalue weighted by Crippen LogP contribution is 2.26. The molecule has 2 aromatic rings. The number of benzene rings is 2. The van der Waals surface area contributed by atoms with Crippen LogP contribution in [-0.2, 0) is 4.79 Å². The lowest BCUT2D eigenvalue weighted by Gasteiger charge is -2.12. The van der Waals surface area contributed by atoms with Crippen LogP contribution in [0.2, 0.25) is 0 Å². The molecule has 5 nitrogen and oxygen atoms in total. The van der Waals surface area contributed by atoms with Gasteiger partial charge in [-0.3, -0.25) is 9.59 Å². The minimum absolute atomic E-state index is 0.227. The lowest BCUT2D eigenvalue weighted by Crippen LogP contribution is -2.14. The maximum atomic E-state index is 12.4. The van der Waals surface area contributed by atoms with Crippen molar-refractivity contribution in [1.29, 1.82) is 0 Å². The summed E-state index contributed by atoms with van der Waals surface area (Å²) in [6.45, 7) is 5.42. The predicted molar refractivity (Wildman–Crippen MR) is 91.2 cm³/mol. The Hall–Kier alpha value is -2.82. The van der Waals surface area contributed by atoms with Crippen LogP contribution in [-0.4, -0.2) is 18.9 Å². The standard InChI is InChI=1S/C18H20N2O3/c1-11-5-7-15(9-12(11)2)20-18(22)14-6-8-17(23-4)16(10-14)19-13(3)21/h5-10H,1-4H3,(H,19,21)(H,20,22). The molecule has 2 amide bonds. The van der Waals surface area contributed by atoms with E-state index >= 15 is 0 Å². The zero-order valence-electron chi connectivity index (χ0n) is 13.7. The third-order valence-corrected chi connectivity index (χ3v) is 3.54. The monoisotopic (exact) mass is 312 g/mol. The lowest BCUT2D eigenvalue weighted by molar-refractivity contribution is -0.114. The van der Waals surface area contributed by atoms with Crippen molar-refractivity contribution in [2.45, 2.75) is 20.8 Å². The molecular weight excluding hydrogens is 292 g/mol. The van der Waals surface area contributed by atoms with Crippen molar-refractivity contribution < 1.29 is 14.3 Å². The fourth-order valence-electron chi connectivity index (χ4n) is 2.16. The predicted octanol–water partition coefficient (Wildman–Crippen LogP) is 3.52. The van der Waals surface area contributed by atoms with E-state index < -0.39 is 0 Å². The number of carbonyl (C=O) groups excluding carboxylic acids is 2. The van der Waals surface area contributed by atoms with Crippen molar-refractivity contribution in [2.24, 2.45) is 0 Å². The molecule has 5 heteroatoms. The fraction of sp³-hybridized carbons (Fsp3) is 0.222. The Bertz CT molecular complexity index is 754. The number of methoxy groups -OCH3 is 1. The second-order valence-corrected chi connectivity index (χ2v) is 5.35. The van der Waals surface area contributed by atoms with E-state index in [0.29, 0.717) is 17.0 Å². The fourth-order valence-corrected chi connectivity index (χ4v) is 2.16. The topological polar surface area (TPSA) is 67.4 Å². The Kier molecular flexibility index (Phi) is 5.01. The molecule has 2 aromatic carbocycles. The van der Waals surface area contributed by atoms with Crippen LogP contribution in [0.15, 0.2) is 36.4 Å². The zero-order valence-corrected chi connectivity index (χ0v) is 13.7. The van der Waals surface area contributed by atoms with Crippen molar-refractivity contribution in [2.75, 3.05) is 17.7 Å². The van der Waals surface area contributed by atoms with Gasteiger partial charge in [-0.05, 0) is 55.3 Å². The summed E-state index contributed by atoms with van der Waals surface area (Å²) in [6.07, 6.45) is 0. The van der Waals surface area contributed by atoms with E-state index in [1.807, 2.05) is 32.0 Å². The molecule has 0 aromatic heterocycles. The van der Waals surface area contributed by atoms with Crippen LogP contribution in [0.1, 0.15) is 28.4 Å². The van der Waals surface area contributed by atoms with Gasteiger partial charge in [-0.25, -0.2) is 0 Å². The molecule has 0 atom stereocenters. The third-order valence-electron chi connectivity index (χ3n) is 3.54. The number of amides is 2. The number of hydrogen-bond acceptors (Lipinski definition) is 3. The molecular formula is C18H20N2O3. The molecule has 0 spiro atoms. The van der Waals surface area contributed by atoms with Crippen molar-refractivity contribution in [3.8, 4) is 5.75 Å². The first-order chi connectivity index (χ1) is 10.9. The molecule has 2 rings (SSSR count). The Balaban J connectivity index is 2.24. The summed E-state index contributed by atoms with van der Waals surface area (Å²) in [7, 11) is 1.51. The van der Waals surface area contributed by atoms with Crippen molar-refractivity contribution in [3.05, 3.63) is 53.1 Å². The van der Waals surface area contributed by atoms with Crippen LogP contribution >= 0.6 is 0 Å². The van der Waals surface area contributed by atoms with Gasteiger partial charge in [-0.1, -0.05) is 6.07 Å². The van der Waals surface area contributed by atoms with Gasteiger partial charge in [-0.2, -0.15) is 0 Å². The number of aryl methyl sites for hydroxylation is 2. The van der Waals surface area contributed by atoms with Gasteiger partial charge in [-0.15, -0.1) is 0 Å². The molecule has 23 heavy (non-hydrogen) atoms. The molecule has 0 saturated heterocycles. The van der Waals surface area contributed by atoms with Gasteiger partial charge in [0.25, 0.3) is 5.91 Å². The SMILES string of the molecule is COc1ccc(C(=O)Nc2ccc(C)c(C)c2)cc1NC(C)=O. The second-order valence-electron chi connectivity index (χ2n) is 5.35. The highest BCUT2D eigenvalue weighted by Gasteiger charge is 2.11. The van der Waals surface area contributed by atoms with Crippen LogP contribution in [0.3, 0.4) is 0 Å². The van der Waals surface area contributed by atoms with E-state index in [9.17, 15) is 9.59 Å². The van der Waals surface area contributed by atoms with E-state index in [1.54, 1.807) is 18.2 Å². The number of rotatable bonds is 4. The largest absolute Gasteiger partial charge is 0.495 e. The smallest absolute Gasteiger partial charge is 0.255 e. The zero-order chi connectivity index (χ0) is 17.0. The quantitative estimate of drug-likeness (QED) is 0.907. The Morgan fingerprint density at radius 1 is 0.957 bits per heavy atom. The molecule has 2 N–H and O–H groups in total. The highest BCUT2D eigenvalue weighted by atomic mass is 16.5. The summed E-state index contributed by atoms with van der Waals surface area (Å²) in [5, 5.41) is 5.51. The summed E-state index contributed by atoms with van der Waals surface area (Å²) < 4.78 is 5.18. The number of hydrogen-bond donors (Lipinski definition) is 2. The summed E-state index contributed by atoms with van der Waals surface area (Å²) in [5.41, 5.74) is 3.91. The van der Waals surface area contributed by atoms with Gasteiger partial charge < -0.3 is 15.4 Å². The average molecular weight is 312 g/mol. The van der Waals surface area contributed by atoms with Crippen LogP contribution in [0, 0.1) is 13.8 Å². The number of carbonyl (C=O) groups is 2. The maximum Gasteiger partial charge on any atom is 0.255 e. The van der Waals surface area contributed by atoms with Crippen LogP contribution in [0.4, 0.5) is 11.4 Å². The van der Waals surface area contributed by atoms with Crippen LogP contribution in [0.5, 0.6) is 5.75 Å². The summed E-state index contributed by atoms with van der Waals surface area (Å²) in [5.74, 6) is 0.0282. The van der Waals surface area contributed by atoms with Crippen LogP contribution < -0.4 is 15.4 Å². The Morgan fingerprint density at radius 2 is 1.70 bits per heavy atom. The first-order valence-electron chi connectivity index (χ1n) is 7.25. The minimum atomic E-state index is -0.248.